The lowest BCUT2D eigenvalue weighted by atomic mass is 10.1. The summed E-state index contributed by atoms with van der Waals surface area (Å²) in [5, 5.41) is 2.55. The maximum Gasteiger partial charge on any atom is 0.459 e. The van der Waals surface area contributed by atoms with E-state index in [1.165, 1.54) is 25.3 Å². The Morgan fingerprint density at radius 2 is 2.09 bits per heavy atom. The molecule has 186 valence electrons. The first-order valence-corrected chi connectivity index (χ1v) is 12.3. The topological polar surface area (TPSA) is 138 Å². The van der Waals surface area contributed by atoms with Gasteiger partial charge in [-0.05, 0) is 45.1 Å². The molecule has 1 aliphatic rings. The molecule has 1 aromatic heterocycles. The Hall–Kier alpha value is -3.42. The van der Waals surface area contributed by atoms with Crippen LogP contribution in [0.25, 0.3) is 0 Å². The lowest BCUT2D eigenvalue weighted by Gasteiger charge is -2.28. The number of terminal acetylenes is 1. The molecule has 1 aromatic carbocycles. The van der Waals surface area contributed by atoms with E-state index in [2.05, 4.69) is 16.0 Å². The number of hydrogen-bond acceptors (Lipinski definition) is 8. The second-order valence-corrected chi connectivity index (χ2v) is 9.35. The van der Waals surface area contributed by atoms with Crippen molar-refractivity contribution in [1.82, 2.24) is 14.6 Å². The third-order valence-electron chi connectivity index (χ3n) is 4.94. The highest BCUT2D eigenvalue weighted by Gasteiger charge is 2.40. The van der Waals surface area contributed by atoms with Gasteiger partial charge in [-0.25, -0.2) is 9.36 Å². The number of carbonyl (C=O) groups is 1. The number of benzene rings is 1. The van der Waals surface area contributed by atoms with E-state index in [0.717, 1.165) is 4.57 Å². The van der Waals surface area contributed by atoms with Crippen LogP contribution in [0.5, 0.6) is 5.75 Å². The summed E-state index contributed by atoms with van der Waals surface area (Å²) in [6.07, 6.45) is 9.08. The van der Waals surface area contributed by atoms with Crippen molar-refractivity contribution >= 4 is 13.7 Å². The Kier molecular flexibility index (Phi) is 8.14. The molecule has 12 heteroatoms. The van der Waals surface area contributed by atoms with Gasteiger partial charge in [-0.15, -0.1) is 6.42 Å². The lowest BCUT2D eigenvalue weighted by Crippen LogP contribution is -2.39. The number of aromatic amines is 1. The molecule has 0 radical (unpaired) electrons. The number of nitrogens with zero attached hydrogens (tertiary/aromatic N) is 1. The minimum atomic E-state index is -4.18. The van der Waals surface area contributed by atoms with Crippen LogP contribution >= 0.6 is 7.75 Å². The van der Waals surface area contributed by atoms with Crippen molar-refractivity contribution in [2.75, 3.05) is 13.2 Å². The molecule has 2 aromatic rings. The Labute approximate surface area is 201 Å². The summed E-state index contributed by atoms with van der Waals surface area (Å²) in [5.41, 5.74) is -2.42. The molecule has 0 unspecified atom stereocenters. The quantitative estimate of drug-likeness (QED) is 0.216. The van der Waals surface area contributed by atoms with Gasteiger partial charge in [-0.3, -0.25) is 23.7 Å². The lowest BCUT2D eigenvalue weighted by molar-refractivity contribution is -0.144. The molecule has 0 spiro atoms. The van der Waals surface area contributed by atoms with E-state index in [1.807, 2.05) is 0 Å². The molecular formula is C23H26N3O8P. The normalized spacial score (nSPS) is 21.6. The van der Waals surface area contributed by atoms with Crippen molar-refractivity contribution < 1.29 is 27.9 Å². The van der Waals surface area contributed by atoms with Gasteiger partial charge in [0.1, 0.15) is 18.4 Å². The van der Waals surface area contributed by atoms with Gasteiger partial charge in [-0.2, -0.15) is 5.09 Å². The first-order chi connectivity index (χ1) is 16.6. The molecule has 4 atom stereocenters. The van der Waals surface area contributed by atoms with E-state index < -0.39 is 49.4 Å². The SMILES string of the molecule is C#C[C@@]1(CO[P@](=O)(N[C@@H](C)C(=O)OCC)Oc2ccccc2)C=C[C@H](n2cc(C)c(=O)[nH]c2=O)O1. The average molecular weight is 503 g/mol. The van der Waals surface area contributed by atoms with Crippen LogP contribution in [-0.2, 0) is 23.4 Å². The molecule has 0 aliphatic carbocycles. The number of aromatic nitrogens is 2. The number of para-hydroxylation sites is 1. The predicted octanol–water partition coefficient (Wildman–Crippen LogP) is 2.05. The fraction of sp³-hybridized carbons (Fsp3) is 0.348. The van der Waals surface area contributed by atoms with Crippen LogP contribution in [0.3, 0.4) is 0 Å². The minimum absolute atomic E-state index is 0.138. The molecule has 0 bridgehead atoms. The highest BCUT2D eigenvalue weighted by atomic mass is 31.2. The maximum absolute atomic E-state index is 13.6. The van der Waals surface area contributed by atoms with Crippen molar-refractivity contribution in [3.05, 3.63) is 75.1 Å². The van der Waals surface area contributed by atoms with Crippen molar-refractivity contribution in [2.24, 2.45) is 0 Å². The molecule has 0 amide bonds. The fourth-order valence-electron chi connectivity index (χ4n) is 3.11. The molecule has 1 aliphatic heterocycles. The highest BCUT2D eigenvalue weighted by Crippen LogP contribution is 2.46. The predicted molar refractivity (Wildman–Crippen MR) is 127 cm³/mol. The van der Waals surface area contributed by atoms with E-state index >= 15 is 0 Å². The molecule has 11 nitrogen and oxygen atoms in total. The van der Waals surface area contributed by atoms with Gasteiger partial charge in [-0.1, -0.05) is 24.1 Å². The minimum Gasteiger partial charge on any atom is -0.465 e. The summed E-state index contributed by atoms with van der Waals surface area (Å²) in [4.78, 5) is 38.2. The van der Waals surface area contributed by atoms with Crippen LogP contribution < -0.4 is 20.9 Å². The van der Waals surface area contributed by atoms with Crippen molar-refractivity contribution in [3.63, 3.8) is 0 Å². The summed E-state index contributed by atoms with van der Waals surface area (Å²) in [5.74, 6) is 2.02. The Morgan fingerprint density at radius 3 is 2.74 bits per heavy atom. The van der Waals surface area contributed by atoms with Crippen molar-refractivity contribution in [1.29, 1.82) is 0 Å². The van der Waals surface area contributed by atoms with Crippen LogP contribution in [0.4, 0.5) is 0 Å². The van der Waals surface area contributed by atoms with Gasteiger partial charge in [0.2, 0.25) is 0 Å². The third-order valence-corrected chi connectivity index (χ3v) is 6.56. The Balaban J connectivity index is 1.80. The van der Waals surface area contributed by atoms with Crippen LogP contribution in [0.15, 0.2) is 58.3 Å². The maximum atomic E-state index is 13.6. The Morgan fingerprint density at radius 1 is 1.37 bits per heavy atom. The van der Waals surface area contributed by atoms with Crippen LogP contribution in [0.2, 0.25) is 0 Å². The molecule has 2 heterocycles. The van der Waals surface area contributed by atoms with Gasteiger partial charge >= 0.3 is 19.4 Å². The van der Waals surface area contributed by atoms with E-state index in [9.17, 15) is 18.9 Å². The van der Waals surface area contributed by atoms with Gasteiger partial charge in [0.25, 0.3) is 5.56 Å². The molecule has 2 N–H and O–H groups in total. The number of aryl methyl sites for hydroxylation is 1. The van der Waals surface area contributed by atoms with Gasteiger partial charge in [0.15, 0.2) is 11.8 Å². The van der Waals surface area contributed by atoms with Gasteiger partial charge < -0.3 is 14.0 Å². The fourth-order valence-corrected chi connectivity index (χ4v) is 4.63. The number of nitrogens with one attached hydrogen (secondary N) is 2. The molecule has 0 saturated carbocycles. The molecule has 0 saturated heterocycles. The zero-order valence-electron chi connectivity index (χ0n) is 19.4. The second kappa shape index (κ2) is 10.9. The summed E-state index contributed by atoms with van der Waals surface area (Å²) >= 11 is 0. The third kappa shape index (κ3) is 6.38. The van der Waals surface area contributed by atoms with E-state index in [1.54, 1.807) is 44.2 Å². The van der Waals surface area contributed by atoms with Gasteiger partial charge in [0, 0.05) is 11.8 Å². The van der Waals surface area contributed by atoms with Crippen LogP contribution in [0, 0.1) is 19.3 Å². The smallest absolute Gasteiger partial charge is 0.459 e. The Bertz CT molecular complexity index is 1300. The average Bonchev–Trinajstić information content (AvgIpc) is 3.26. The summed E-state index contributed by atoms with van der Waals surface area (Å²) in [7, 11) is -4.18. The number of rotatable bonds is 10. The van der Waals surface area contributed by atoms with Crippen molar-refractivity contribution in [3.8, 4) is 18.1 Å². The first kappa shape index (κ1) is 26.2. The molecule has 0 fully saturated rings. The van der Waals surface area contributed by atoms with E-state index in [4.69, 9.17) is 24.9 Å². The molecular weight excluding hydrogens is 477 g/mol. The monoisotopic (exact) mass is 503 g/mol. The van der Waals surface area contributed by atoms with Crippen LogP contribution in [0.1, 0.15) is 25.6 Å². The van der Waals surface area contributed by atoms with Gasteiger partial charge in [0.05, 0.1) is 6.61 Å². The molecule has 35 heavy (non-hydrogen) atoms. The number of carbonyl (C=O) groups excluding carboxylic acids is 1. The summed E-state index contributed by atoms with van der Waals surface area (Å²) in [6.45, 7) is 4.33. The standard InChI is InChI=1S/C23H26N3O8P/c1-5-23(13-12-19(33-23)26-14-16(3)20(27)24-22(26)29)15-32-35(30,25-17(4)21(28)31-6-2)34-18-10-8-7-9-11-18/h1,7-14,17,19H,6,15H2,2-4H3,(H,25,30)(H,24,27,29)/t17-,19+,23-,35+/m0/s1. The van der Waals surface area contributed by atoms with E-state index in [0.29, 0.717) is 5.56 Å². The second-order valence-electron chi connectivity index (χ2n) is 7.66. The van der Waals surface area contributed by atoms with Crippen molar-refractivity contribution in [2.45, 2.75) is 38.6 Å². The number of H-pyrrole nitrogens is 1. The zero-order chi connectivity index (χ0) is 25.6. The largest absolute Gasteiger partial charge is 0.465 e. The zero-order valence-corrected chi connectivity index (χ0v) is 20.3. The van der Waals surface area contributed by atoms with Crippen LogP contribution in [-0.4, -0.2) is 40.4 Å². The summed E-state index contributed by atoms with van der Waals surface area (Å²) < 4.78 is 36.8. The molecule has 3 rings (SSSR count). The number of hydrogen-bond donors (Lipinski definition) is 2. The number of ether oxygens (including phenoxy) is 2. The first-order valence-electron chi connectivity index (χ1n) is 10.7. The van der Waals surface area contributed by atoms with E-state index in [-0.39, 0.29) is 12.4 Å². The number of esters is 1. The summed E-state index contributed by atoms with van der Waals surface area (Å²) in [6, 6.07) is 7.21. The highest BCUT2D eigenvalue weighted by molar-refractivity contribution is 7.52.